The standard InChI is InChI=1S/C18H22N4O5/c1-3-22-15-14(17(25)21-18(22)26)11(9-12(20-15)10-6-7-10)16(24)19-8-4-5-13(23)27-2/h9-10H,3-8H2,1-2H3,(H,19,24)(H,21,25,26). The number of amides is 1. The first-order valence-corrected chi connectivity index (χ1v) is 8.99. The molecule has 0 aromatic carbocycles. The lowest BCUT2D eigenvalue weighted by atomic mass is 10.1. The van der Waals surface area contributed by atoms with Crippen molar-refractivity contribution in [2.45, 2.75) is 45.1 Å². The third-order valence-electron chi connectivity index (χ3n) is 4.60. The van der Waals surface area contributed by atoms with Gasteiger partial charge in [0.05, 0.1) is 18.1 Å². The minimum atomic E-state index is -0.630. The number of carbonyl (C=O) groups is 2. The fourth-order valence-electron chi connectivity index (χ4n) is 2.99. The van der Waals surface area contributed by atoms with Crippen LogP contribution in [0.15, 0.2) is 15.7 Å². The summed E-state index contributed by atoms with van der Waals surface area (Å²) in [6.45, 7) is 2.37. The largest absolute Gasteiger partial charge is 0.469 e. The summed E-state index contributed by atoms with van der Waals surface area (Å²) in [4.78, 5) is 55.1. The predicted octanol–water partition coefficient (Wildman–Crippen LogP) is 0.665. The van der Waals surface area contributed by atoms with Crippen LogP contribution in [0.5, 0.6) is 0 Å². The molecule has 2 heterocycles. The SMILES string of the molecule is CCn1c(=O)[nH]c(=O)c2c(C(=O)NCCCC(=O)OC)cc(C3CC3)nc21. The van der Waals surface area contributed by atoms with E-state index < -0.39 is 17.2 Å². The van der Waals surface area contributed by atoms with Crippen molar-refractivity contribution in [1.29, 1.82) is 0 Å². The van der Waals surface area contributed by atoms with Crippen LogP contribution in [0.4, 0.5) is 0 Å². The lowest BCUT2D eigenvalue weighted by molar-refractivity contribution is -0.140. The fourth-order valence-corrected chi connectivity index (χ4v) is 2.99. The zero-order valence-corrected chi connectivity index (χ0v) is 15.3. The first-order chi connectivity index (χ1) is 13.0. The van der Waals surface area contributed by atoms with Gasteiger partial charge in [0.15, 0.2) is 5.65 Å². The molecule has 9 heteroatoms. The van der Waals surface area contributed by atoms with Crippen LogP contribution in [0.3, 0.4) is 0 Å². The van der Waals surface area contributed by atoms with Gasteiger partial charge < -0.3 is 10.1 Å². The summed E-state index contributed by atoms with van der Waals surface area (Å²) in [5.41, 5.74) is -0.0256. The number of pyridine rings is 1. The molecule has 2 aromatic heterocycles. The van der Waals surface area contributed by atoms with Crippen molar-refractivity contribution < 1.29 is 14.3 Å². The van der Waals surface area contributed by atoms with Crippen LogP contribution in [-0.2, 0) is 16.1 Å². The summed E-state index contributed by atoms with van der Waals surface area (Å²) < 4.78 is 5.92. The van der Waals surface area contributed by atoms with E-state index in [1.54, 1.807) is 13.0 Å². The molecule has 1 fully saturated rings. The summed E-state index contributed by atoms with van der Waals surface area (Å²) in [5.74, 6) is -0.529. The van der Waals surface area contributed by atoms with Gasteiger partial charge in [0, 0.05) is 31.1 Å². The molecular formula is C18H22N4O5. The van der Waals surface area contributed by atoms with Gasteiger partial charge >= 0.3 is 11.7 Å². The van der Waals surface area contributed by atoms with E-state index in [-0.39, 0.29) is 41.4 Å². The van der Waals surface area contributed by atoms with Crippen LogP contribution in [0.2, 0.25) is 0 Å². The van der Waals surface area contributed by atoms with E-state index in [0.29, 0.717) is 13.0 Å². The molecule has 9 nitrogen and oxygen atoms in total. The molecule has 2 N–H and O–H groups in total. The zero-order valence-electron chi connectivity index (χ0n) is 15.3. The Morgan fingerprint density at radius 3 is 2.74 bits per heavy atom. The number of aryl methyl sites for hydroxylation is 1. The molecule has 144 valence electrons. The van der Waals surface area contributed by atoms with Gasteiger partial charge in [-0.1, -0.05) is 0 Å². The average Bonchev–Trinajstić information content (AvgIpc) is 3.49. The number of esters is 1. The Morgan fingerprint density at radius 2 is 2.11 bits per heavy atom. The summed E-state index contributed by atoms with van der Waals surface area (Å²) >= 11 is 0. The normalized spacial score (nSPS) is 13.6. The second kappa shape index (κ2) is 7.73. The Kier molecular flexibility index (Phi) is 5.38. The molecule has 1 aliphatic carbocycles. The summed E-state index contributed by atoms with van der Waals surface area (Å²) in [6, 6.07) is 1.63. The van der Waals surface area contributed by atoms with Gasteiger partial charge in [0.1, 0.15) is 0 Å². The number of carbonyl (C=O) groups excluding carboxylic acids is 2. The van der Waals surface area contributed by atoms with Crippen LogP contribution < -0.4 is 16.6 Å². The van der Waals surface area contributed by atoms with Gasteiger partial charge in [-0.15, -0.1) is 0 Å². The second-order valence-corrected chi connectivity index (χ2v) is 6.51. The molecule has 0 spiro atoms. The van der Waals surface area contributed by atoms with E-state index in [2.05, 4.69) is 20.0 Å². The number of hydrogen-bond donors (Lipinski definition) is 2. The van der Waals surface area contributed by atoms with Crippen molar-refractivity contribution in [2.75, 3.05) is 13.7 Å². The zero-order chi connectivity index (χ0) is 19.6. The molecule has 27 heavy (non-hydrogen) atoms. The van der Waals surface area contributed by atoms with E-state index in [1.165, 1.54) is 11.7 Å². The highest BCUT2D eigenvalue weighted by molar-refractivity contribution is 6.05. The van der Waals surface area contributed by atoms with Gasteiger partial charge in [0.25, 0.3) is 11.5 Å². The number of nitrogens with zero attached hydrogens (tertiary/aromatic N) is 2. The molecule has 0 radical (unpaired) electrons. The van der Waals surface area contributed by atoms with E-state index in [1.807, 2.05) is 0 Å². The quantitative estimate of drug-likeness (QED) is 0.542. The number of methoxy groups -OCH3 is 1. The van der Waals surface area contributed by atoms with E-state index in [0.717, 1.165) is 18.5 Å². The number of aromatic nitrogens is 3. The minimum absolute atomic E-state index is 0.103. The Morgan fingerprint density at radius 1 is 1.37 bits per heavy atom. The molecule has 0 unspecified atom stereocenters. The fraction of sp³-hybridized carbons (Fsp3) is 0.500. The van der Waals surface area contributed by atoms with Gasteiger partial charge in [-0.3, -0.25) is 23.9 Å². The van der Waals surface area contributed by atoms with Crippen LogP contribution in [0.1, 0.15) is 54.6 Å². The average molecular weight is 374 g/mol. The molecule has 0 atom stereocenters. The highest BCUT2D eigenvalue weighted by Gasteiger charge is 2.28. The maximum atomic E-state index is 12.7. The molecule has 1 amide bonds. The molecule has 3 rings (SSSR count). The van der Waals surface area contributed by atoms with E-state index in [4.69, 9.17) is 0 Å². The molecule has 2 aromatic rings. The van der Waals surface area contributed by atoms with E-state index >= 15 is 0 Å². The highest BCUT2D eigenvalue weighted by atomic mass is 16.5. The topological polar surface area (TPSA) is 123 Å². The van der Waals surface area contributed by atoms with Crippen LogP contribution in [0, 0.1) is 0 Å². The van der Waals surface area contributed by atoms with Crippen molar-refractivity contribution in [2.24, 2.45) is 0 Å². The monoisotopic (exact) mass is 374 g/mol. The molecule has 1 aliphatic rings. The maximum absolute atomic E-state index is 12.7. The molecule has 0 saturated heterocycles. The number of fused-ring (bicyclic) bond motifs is 1. The van der Waals surface area contributed by atoms with Crippen LogP contribution in [-0.4, -0.2) is 40.1 Å². The Bertz CT molecular complexity index is 1000. The smallest absolute Gasteiger partial charge is 0.329 e. The Labute approximate surface area is 154 Å². The number of hydrogen-bond acceptors (Lipinski definition) is 6. The van der Waals surface area contributed by atoms with Crippen molar-refractivity contribution in [3.63, 3.8) is 0 Å². The van der Waals surface area contributed by atoms with Crippen LogP contribution >= 0.6 is 0 Å². The summed E-state index contributed by atoms with van der Waals surface area (Å²) in [5, 5.41) is 2.82. The lowest BCUT2D eigenvalue weighted by Gasteiger charge is -2.12. The second-order valence-electron chi connectivity index (χ2n) is 6.51. The van der Waals surface area contributed by atoms with Crippen molar-refractivity contribution in [3.05, 3.63) is 38.2 Å². The van der Waals surface area contributed by atoms with Gasteiger partial charge in [-0.2, -0.15) is 0 Å². The Balaban J connectivity index is 1.98. The summed E-state index contributed by atoms with van der Waals surface area (Å²) in [7, 11) is 1.31. The lowest BCUT2D eigenvalue weighted by Crippen LogP contribution is -2.33. The molecular weight excluding hydrogens is 352 g/mol. The first-order valence-electron chi connectivity index (χ1n) is 8.99. The molecule has 0 bridgehead atoms. The number of rotatable bonds is 7. The number of H-pyrrole nitrogens is 1. The number of aromatic amines is 1. The van der Waals surface area contributed by atoms with Crippen LogP contribution in [0.25, 0.3) is 11.0 Å². The Hall–Kier alpha value is -2.97. The molecule has 1 saturated carbocycles. The maximum Gasteiger partial charge on any atom is 0.329 e. The van der Waals surface area contributed by atoms with Crippen molar-refractivity contribution >= 4 is 22.9 Å². The molecule has 0 aliphatic heterocycles. The first kappa shape index (κ1) is 18.8. The van der Waals surface area contributed by atoms with Gasteiger partial charge in [-0.05, 0) is 32.3 Å². The van der Waals surface area contributed by atoms with E-state index in [9.17, 15) is 19.2 Å². The summed E-state index contributed by atoms with van der Waals surface area (Å²) in [6.07, 6.45) is 2.56. The number of ether oxygens (including phenoxy) is 1. The van der Waals surface area contributed by atoms with Gasteiger partial charge in [-0.25, -0.2) is 9.78 Å². The highest BCUT2D eigenvalue weighted by Crippen LogP contribution is 2.39. The number of nitrogens with one attached hydrogen (secondary N) is 2. The predicted molar refractivity (Wildman–Crippen MR) is 97.9 cm³/mol. The third-order valence-corrected chi connectivity index (χ3v) is 4.60. The van der Waals surface area contributed by atoms with Gasteiger partial charge in [0.2, 0.25) is 0 Å². The van der Waals surface area contributed by atoms with Crippen molar-refractivity contribution in [3.8, 4) is 0 Å². The van der Waals surface area contributed by atoms with Crippen molar-refractivity contribution in [1.82, 2.24) is 19.9 Å². The third kappa shape index (κ3) is 3.91. The minimum Gasteiger partial charge on any atom is -0.469 e.